The summed E-state index contributed by atoms with van der Waals surface area (Å²) in [5.41, 5.74) is 0.0591. The second kappa shape index (κ2) is 11.7. The number of hydrogen-bond donors (Lipinski definition) is 2. The summed E-state index contributed by atoms with van der Waals surface area (Å²) in [4.78, 5) is 18.1. The normalized spacial score (nSPS) is 16.9. The predicted molar refractivity (Wildman–Crippen MR) is 145 cm³/mol. The van der Waals surface area contributed by atoms with Gasteiger partial charge >= 0.3 is 6.09 Å². The molecule has 11 nitrogen and oxygen atoms in total. The van der Waals surface area contributed by atoms with E-state index >= 15 is 0 Å². The van der Waals surface area contributed by atoms with Crippen LogP contribution in [0.15, 0.2) is 52.4 Å². The molecule has 13 heteroatoms. The van der Waals surface area contributed by atoms with Crippen LogP contribution in [-0.4, -0.2) is 70.0 Å². The summed E-state index contributed by atoms with van der Waals surface area (Å²) in [6, 6.07) is 8.76. The maximum Gasteiger partial charge on any atom is 0.413 e. The molecule has 2 N–H and O–H groups in total. The van der Waals surface area contributed by atoms with Crippen molar-refractivity contribution in [2.24, 2.45) is 0 Å². The number of rotatable bonds is 7. The Morgan fingerprint density at radius 1 is 1.08 bits per heavy atom. The first kappa shape index (κ1) is 29.4. The second-order valence-electron chi connectivity index (χ2n) is 9.47. The van der Waals surface area contributed by atoms with Crippen molar-refractivity contribution in [3.63, 3.8) is 0 Å². The maximum atomic E-state index is 13.4. The molecule has 1 aliphatic rings. The van der Waals surface area contributed by atoms with Crippen LogP contribution in [0.25, 0.3) is 0 Å². The molecule has 0 spiro atoms. The third kappa shape index (κ3) is 7.22. The molecular formula is C25H33N5O6S2. The van der Waals surface area contributed by atoms with Crippen molar-refractivity contribution >= 4 is 37.6 Å². The molecule has 1 saturated heterocycles. The highest BCUT2D eigenvalue weighted by Gasteiger charge is 2.34. The Morgan fingerprint density at radius 2 is 1.74 bits per heavy atom. The van der Waals surface area contributed by atoms with E-state index in [9.17, 15) is 21.6 Å². The van der Waals surface area contributed by atoms with E-state index in [1.165, 1.54) is 34.8 Å². The molecule has 0 aliphatic carbocycles. The lowest BCUT2D eigenvalue weighted by Crippen LogP contribution is -2.54. The molecule has 1 amide bonds. The zero-order valence-electron chi connectivity index (χ0n) is 22.1. The summed E-state index contributed by atoms with van der Waals surface area (Å²) >= 11 is 0. The minimum atomic E-state index is -3.88. The van der Waals surface area contributed by atoms with Gasteiger partial charge in [-0.05, 0) is 64.1 Å². The fraction of sp³-hybridized carbons (Fsp3) is 0.440. The Hall–Kier alpha value is -3.18. The fourth-order valence-corrected chi connectivity index (χ4v) is 6.25. The molecule has 206 valence electrons. The molecule has 1 fully saturated rings. The van der Waals surface area contributed by atoms with Crippen LogP contribution in [0.1, 0.15) is 34.6 Å². The Kier molecular flexibility index (Phi) is 9.04. The second-order valence-corrected chi connectivity index (χ2v) is 13.2. The van der Waals surface area contributed by atoms with Gasteiger partial charge in [0.1, 0.15) is 22.4 Å². The number of piperazine rings is 1. The number of hydrogen-bond acceptors (Lipinski definition) is 8. The topological polar surface area (TPSA) is 138 Å². The zero-order chi connectivity index (χ0) is 28.1. The van der Waals surface area contributed by atoms with Crippen molar-refractivity contribution in [1.82, 2.24) is 14.0 Å². The summed E-state index contributed by atoms with van der Waals surface area (Å²) in [6.07, 6.45) is 0.503. The summed E-state index contributed by atoms with van der Waals surface area (Å²) in [6.45, 7) is 9.52. The van der Waals surface area contributed by atoms with Crippen LogP contribution in [0.4, 0.5) is 16.3 Å². The van der Waals surface area contributed by atoms with Crippen molar-refractivity contribution in [2.75, 3.05) is 36.4 Å². The van der Waals surface area contributed by atoms with Crippen molar-refractivity contribution in [3.05, 3.63) is 42.6 Å². The number of ether oxygens (including phenoxy) is 1. The van der Waals surface area contributed by atoms with Gasteiger partial charge in [-0.25, -0.2) is 31.3 Å². The molecule has 0 radical (unpaired) electrons. The Bertz CT molecular complexity index is 1410. The Morgan fingerprint density at radius 3 is 2.29 bits per heavy atom. The van der Waals surface area contributed by atoms with E-state index in [4.69, 9.17) is 4.74 Å². The number of aromatic nitrogens is 1. The van der Waals surface area contributed by atoms with Crippen molar-refractivity contribution < 1.29 is 26.4 Å². The van der Waals surface area contributed by atoms with Gasteiger partial charge < -0.3 is 9.64 Å². The van der Waals surface area contributed by atoms with E-state index in [1.807, 2.05) is 4.90 Å². The molecule has 1 aliphatic heterocycles. The molecule has 1 aromatic heterocycles. The third-order valence-corrected chi connectivity index (χ3v) is 8.88. The average molecular weight is 564 g/mol. The highest BCUT2D eigenvalue weighted by Crippen LogP contribution is 2.26. The van der Waals surface area contributed by atoms with Gasteiger partial charge in [-0.2, -0.15) is 4.31 Å². The SMILES string of the molecule is CC#CC1CN(S(=O)(=O)c2ccc(NC(=O)OC(C)(C)C)nc2)CCN1c1ccc(S(=O)(=O)NCC)cc1. The van der Waals surface area contributed by atoms with Gasteiger partial charge in [-0.15, -0.1) is 5.92 Å². The molecular weight excluding hydrogens is 530 g/mol. The summed E-state index contributed by atoms with van der Waals surface area (Å²) in [7, 11) is -7.46. The van der Waals surface area contributed by atoms with Gasteiger partial charge in [-0.3, -0.25) is 5.32 Å². The fourth-order valence-electron chi connectivity index (χ4n) is 3.83. The van der Waals surface area contributed by atoms with E-state index in [0.717, 1.165) is 5.69 Å². The molecule has 2 heterocycles. The van der Waals surface area contributed by atoms with Gasteiger partial charge in [0.2, 0.25) is 20.0 Å². The summed E-state index contributed by atoms with van der Waals surface area (Å²) in [5, 5.41) is 2.48. The number of carbonyl (C=O) groups excluding carboxylic acids is 1. The largest absolute Gasteiger partial charge is 0.444 e. The van der Waals surface area contributed by atoms with Gasteiger partial charge in [0.25, 0.3) is 0 Å². The van der Waals surface area contributed by atoms with Crippen LogP contribution in [-0.2, 0) is 24.8 Å². The molecule has 1 aromatic carbocycles. The monoisotopic (exact) mass is 563 g/mol. The first-order valence-electron chi connectivity index (χ1n) is 12.0. The van der Waals surface area contributed by atoms with E-state index in [0.29, 0.717) is 6.54 Å². The number of nitrogens with zero attached hydrogens (tertiary/aromatic N) is 3. The lowest BCUT2D eigenvalue weighted by molar-refractivity contribution is 0.0635. The van der Waals surface area contributed by atoms with Crippen LogP contribution < -0.4 is 14.9 Å². The number of amides is 1. The van der Waals surface area contributed by atoms with Crippen LogP contribution in [0, 0.1) is 11.8 Å². The van der Waals surface area contributed by atoms with Crippen molar-refractivity contribution in [2.45, 2.75) is 56.1 Å². The van der Waals surface area contributed by atoms with Gasteiger partial charge in [-0.1, -0.05) is 12.8 Å². The molecule has 38 heavy (non-hydrogen) atoms. The van der Waals surface area contributed by atoms with Crippen LogP contribution in [0.5, 0.6) is 0 Å². The molecule has 3 rings (SSSR count). The average Bonchev–Trinajstić information content (AvgIpc) is 2.83. The molecule has 1 atom stereocenters. The number of benzene rings is 1. The van der Waals surface area contributed by atoms with Gasteiger partial charge in [0.05, 0.1) is 4.90 Å². The number of carbonyl (C=O) groups is 1. The lowest BCUT2D eigenvalue weighted by Gasteiger charge is -2.39. The van der Waals surface area contributed by atoms with Crippen LogP contribution in [0.3, 0.4) is 0 Å². The highest BCUT2D eigenvalue weighted by atomic mass is 32.2. The zero-order valence-corrected chi connectivity index (χ0v) is 23.7. The Balaban J connectivity index is 1.75. The molecule has 1 unspecified atom stereocenters. The summed E-state index contributed by atoms with van der Waals surface area (Å²) < 4.78 is 60.2. The third-order valence-electron chi connectivity index (χ3n) is 5.47. The summed E-state index contributed by atoms with van der Waals surface area (Å²) in [5.74, 6) is 6.09. The first-order chi connectivity index (χ1) is 17.8. The number of anilines is 2. The Labute approximate surface area is 224 Å². The van der Waals surface area contributed by atoms with E-state index in [1.54, 1.807) is 46.8 Å². The standard InChI is InChI=1S/C25H33N5O6S2/c1-6-8-20-18-29(15-16-30(20)19-9-11-21(12-10-19)37(32,33)27-7-2)38(34,35)22-13-14-23(26-17-22)28-24(31)36-25(3,4)5/h9-14,17,20,27H,7,15-16,18H2,1-5H3,(H,26,28,31). The predicted octanol–water partition coefficient (Wildman–Crippen LogP) is 2.63. The first-order valence-corrected chi connectivity index (χ1v) is 14.9. The van der Waals surface area contributed by atoms with Gasteiger partial charge in [0, 0.05) is 38.1 Å². The minimum absolute atomic E-state index is 0.0121. The van der Waals surface area contributed by atoms with Crippen LogP contribution >= 0.6 is 0 Å². The van der Waals surface area contributed by atoms with Crippen molar-refractivity contribution in [3.8, 4) is 11.8 Å². The van der Waals surface area contributed by atoms with E-state index in [2.05, 4.69) is 26.9 Å². The lowest BCUT2D eigenvalue weighted by atomic mass is 10.1. The quantitative estimate of drug-likeness (QED) is 0.491. The maximum absolute atomic E-state index is 13.4. The smallest absolute Gasteiger partial charge is 0.413 e. The molecule has 0 bridgehead atoms. The van der Waals surface area contributed by atoms with E-state index in [-0.39, 0.29) is 35.2 Å². The van der Waals surface area contributed by atoms with E-state index < -0.39 is 37.8 Å². The van der Waals surface area contributed by atoms with Crippen LogP contribution in [0.2, 0.25) is 0 Å². The number of nitrogens with one attached hydrogen (secondary N) is 2. The minimum Gasteiger partial charge on any atom is -0.444 e. The molecule has 0 saturated carbocycles. The van der Waals surface area contributed by atoms with Gasteiger partial charge in [0.15, 0.2) is 0 Å². The number of sulfonamides is 2. The highest BCUT2D eigenvalue weighted by molar-refractivity contribution is 7.89. The van der Waals surface area contributed by atoms with Crippen molar-refractivity contribution in [1.29, 1.82) is 0 Å². The number of pyridine rings is 1. The molecule has 2 aromatic rings.